The Bertz CT molecular complexity index is 887. The standard InChI is InChI=1S/C18H14F2N4O/c19-16-5-4-13(8-17(16)20)24-15-7-12(9-21-10-15)18(25)23-11-14-3-1-2-6-22-14/h1-10,24H,11H2,(H,23,25). The molecule has 0 aliphatic heterocycles. The molecule has 5 nitrogen and oxygen atoms in total. The van der Waals surface area contributed by atoms with E-state index in [1.165, 1.54) is 18.5 Å². The smallest absolute Gasteiger partial charge is 0.253 e. The summed E-state index contributed by atoms with van der Waals surface area (Å²) in [5.74, 6) is -2.19. The van der Waals surface area contributed by atoms with Crippen LogP contribution in [0, 0.1) is 11.6 Å². The lowest BCUT2D eigenvalue weighted by molar-refractivity contribution is 0.0950. The van der Waals surface area contributed by atoms with Crippen molar-refractivity contribution in [3.8, 4) is 0 Å². The molecule has 0 unspecified atom stereocenters. The third kappa shape index (κ3) is 4.35. The predicted molar refractivity (Wildman–Crippen MR) is 89.3 cm³/mol. The minimum absolute atomic E-state index is 0.292. The van der Waals surface area contributed by atoms with Crippen LogP contribution in [0.2, 0.25) is 0 Å². The summed E-state index contributed by atoms with van der Waals surface area (Å²) in [6, 6.07) is 10.5. The molecule has 0 radical (unpaired) electrons. The number of benzene rings is 1. The third-order valence-corrected chi connectivity index (χ3v) is 3.36. The second-order valence-corrected chi connectivity index (χ2v) is 5.22. The van der Waals surface area contributed by atoms with Crippen molar-refractivity contribution >= 4 is 17.3 Å². The van der Waals surface area contributed by atoms with Crippen molar-refractivity contribution in [1.82, 2.24) is 15.3 Å². The van der Waals surface area contributed by atoms with Crippen LogP contribution in [0.1, 0.15) is 16.1 Å². The van der Waals surface area contributed by atoms with Crippen LogP contribution in [0.4, 0.5) is 20.2 Å². The fourth-order valence-corrected chi connectivity index (χ4v) is 2.15. The van der Waals surface area contributed by atoms with Crippen LogP contribution < -0.4 is 10.6 Å². The van der Waals surface area contributed by atoms with Gasteiger partial charge in [0.2, 0.25) is 0 Å². The molecule has 3 aromatic rings. The van der Waals surface area contributed by atoms with E-state index in [1.54, 1.807) is 24.4 Å². The minimum atomic E-state index is -0.956. The molecule has 0 bridgehead atoms. The molecule has 2 aromatic heterocycles. The van der Waals surface area contributed by atoms with E-state index in [1.807, 2.05) is 6.07 Å². The van der Waals surface area contributed by atoms with Crippen LogP contribution >= 0.6 is 0 Å². The summed E-state index contributed by atoms with van der Waals surface area (Å²) in [6.45, 7) is 0.292. The molecule has 7 heteroatoms. The number of aromatic nitrogens is 2. The number of nitrogens with zero attached hydrogens (tertiary/aromatic N) is 2. The molecule has 0 spiro atoms. The molecule has 25 heavy (non-hydrogen) atoms. The first-order valence-electron chi connectivity index (χ1n) is 7.47. The van der Waals surface area contributed by atoms with Gasteiger partial charge in [-0.15, -0.1) is 0 Å². The number of halogens is 2. The molecule has 0 fully saturated rings. The van der Waals surface area contributed by atoms with Gasteiger partial charge in [-0.25, -0.2) is 8.78 Å². The summed E-state index contributed by atoms with van der Waals surface area (Å²) in [5, 5.41) is 5.62. The van der Waals surface area contributed by atoms with Gasteiger partial charge in [0.05, 0.1) is 29.7 Å². The quantitative estimate of drug-likeness (QED) is 0.747. The van der Waals surface area contributed by atoms with Crippen LogP contribution in [0.15, 0.2) is 61.1 Å². The van der Waals surface area contributed by atoms with Crippen LogP contribution in [-0.4, -0.2) is 15.9 Å². The number of amides is 1. The van der Waals surface area contributed by atoms with E-state index in [4.69, 9.17) is 0 Å². The van der Waals surface area contributed by atoms with Crippen LogP contribution in [0.3, 0.4) is 0 Å². The maximum absolute atomic E-state index is 13.3. The van der Waals surface area contributed by atoms with Crippen molar-refractivity contribution in [2.75, 3.05) is 5.32 Å². The second-order valence-electron chi connectivity index (χ2n) is 5.22. The molecule has 0 aliphatic carbocycles. The lowest BCUT2D eigenvalue weighted by atomic mass is 10.2. The molecule has 126 valence electrons. The van der Waals surface area contributed by atoms with E-state index in [2.05, 4.69) is 20.6 Å². The maximum Gasteiger partial charge on any atom is 0.253 e. The summed E-state index contributed by atoms with van der Waals surface area (Å²) in [4.78, 5) is 20.3. The second kappa shape index (κ2) is 7.48. The fraction of sp³-hybridized carbons (Fsp3) is 0.0556. The Kier molecular flexibility index (Phi) is 4.94. The van der Waals surface area contributed by atoms with E-state index in [0.29, 0.717) is 23.5 Å². The van der Waals surface area contributed by atoms with E-state index in [0.717, 1.165) is 17.8 Å². The first-order valence-corrected chi connectivity index (χ1v) is 7.47. The topological polar surface area (TPSA) is 66.9 Å². The summed E-state index contributed by atoms with van der Waals surface area (Å²) in [5.41, 5.74) is 1.91. The van der Waals surface area contributed by atoms with Crippen molar-refractivity contribution in [2.45, 2.75) is 6.54 Å². The molecule has 3 rings (SSSR count). The lowest BCUT2D eigenvalue weighted by Gasteiger charge is -2.09. The third-order valence-electron chi connectivity index (χ3n) is 3.36. The number of carbonyl (C=O) groups is 1. The van der Waals surface area contributed by atoms with Gasteiger partial charge >= 0.3 is 0 Å². The highest BCUT2D eigenvalue weighted by Gasteiger charge is 2.08. The molecular formula is C18H14F2N4O. The average Bonchev–Trinajstić information content (AvgIpc) is 2.64. The van der Waals surface area contributed by atoms with Crippen LogP contribution in [0.5, 0.6) is 0 Å². The van der Waals surface area contributed by atoms with Gasteiger partial charge in [-0.2, -0.15) is 0 Å². The fourth-order valence-electron chi connectivity index (χ4n) is 2.15. The highest BCUT2D eigenvalue weighted by molar-refractivity contribution is 5.94. The van der Waals surface area contributed by atoms with Gasteiger partial charge in [-0.05, 0) is 30.3 Å². The molecule has 0 saturated heterocycles. The van der Waals surface area contributed by atoms with Gasteiger partial charge in [0, 0.05) is 24.1 Å². The first-order chi connectivity index (χ1) is 12.1. The Morgan fingerprint density at radius 1 is 1.00 bits per heavy atom. The highest BCUT2D eigenvalue weighted by Crippen LogP contribution is 2.19. The van der Waals surface area contributed by atoms with Crippen molar-refractivity contribution in [3.63, 3.8) is 0 Å². The molecule has 0 aliphatic rings. The average molecular weight is 340 g/mol. The summed E-state index contributed by atoms with van der Waals surface area (Å²) >= 11 is 0. The van der Waals surface area contributed by atoms with E-state index >= 15 is 0 Å². The minimum Gasteiger partial charge on any atom is -0.354 e. The van der Waals surface area contributed by atoms with E-state index < -0.39 is 11.6 Å². The monoisotopic (exact) mass is 340 g/mol. The van der Waals surface area contributed by atoms with Gasteiger partial charge in [-0.1, -0.05) is 6.07 Å². The molecule has 1 amide bonds. The van der Waals surface area contributed by atoms with Gasteiger partial charge in [-0.3, -0.25) is 14.8 Å². The molecule has 1 aromatic carbocycles. The Labute approximate surface area is 142 Å². The normalized spacial score (nSPS) is 10.3. The number of hydrogen-bond donors (Lipinski definition) is 2. The van der Waals surface area contributed by atoms with Crippen molar-refractivity contribution < 1.29 is 13.6 Å². The van der Waals surface area contributed by atoms with Crippen LogP contribution in [0.25, 0.3) is 0 Å². The molecular weight excluding hydrogens is 326 g/mol. The predicted octanol–water partition coefficient (Wildman–Crippen LogP) is 3.43. The van der Waals surface area contributed by atoms with Crippen molar-refractivity contribution in [3.05, 3.63) is 83.9 Å². The van der Waals surface area contributed by atoms with Gasteiger partial charge in [0.25, 0.3) is 5.91 Å². The number of anilines is 2. The number of pyridine rings is 2. The molecule has 2 N–H and O–H groups in total. The summed E-state index contributed by atoms with van der Waals surface area (Å²) in [7, 11) is 0. The summed E-state index contributed by atoms with van der Waals surface area (Å²) in [6.07, 6.45) is 4.55. The number of rotatable bonds is 5. The number of nitrogens with one attached hydrogen (secondary N) is 2. The zero-order chi connectivity index (χ0) is 17.6. The zero-order valence-electron chi connectivity index (χ0n) is 13.0. The number of hydrogen-bond acceptors (Lipinski definition) is 4. The van der Waals surface area contributed by atoms with Gasteiger partial charge in [0.1, 0.15) is 0 Å². The Morgan fingerprint density at radius 3 is 2.64 bits per heavy atom. The Hall–Kier alpha value is -3.35. The number of carbonyl (C=O) groups excluding carboxylic acids is 1. The highest BCUT2D eigenvalue weighted by atomic mass is 19.2. The Balaban J connectivity index is 1.68. The van der Waals surface area contributed by atoms with Crippen molar-refractivity contribution in [2.24, 2.45) is 0 Å². The largest absolute Gasteiger partial charge is 0.354 e. The molecule has 0 atom stereocenters. The van der Waals surface area contributed by atoms with Crippen molar-refractivity contribution in [1.29, 1.82) is 0 Å². The molecule has 2 heterocycles. The molecule has 0 saturated carbocycles. The van der Waals surface area contributed by atoms with Crippen LogP contribution in [-0.2, 0) is 6.54 Å². The maximum atomic E-state index is 13.3. The first kappa shape index (κ1) is 16.5. The van der Waals surface area contributed by atoms with Gasteiger partial charge < -0.3 is 10.6 Å². The van der Waals surface area contributed by atoms with E-state index in [-0.39, 0.29) is 5.91 Å². The SMILES string of the molecule is O=C(NCc1ccccn1)c1cncc(Nc2ccc(F)c(F)c2)c1. The van der Waals surface area contributed by atoms with E-state index in [9.17, 15) is 13.6 Å². The lowest BCUT2D eigenvalue weighted by Crippen LogP contribution is -2.23. The van der Waals surface area contributed by atoms with Gasteiger partial charge in [0.15, 0.2) is 11.6 Å². The summed E-state index contributed by atoms with van der Waals surface area (Å²) < 4.78 is 26.2. The Morgan fingerprint density at radius 2 is 1.88 bits per heavy atom. The zero-order valence-corrected chi connectivity index (χ0v) is 13.0.